The molecular weight excluding hydrogens is 265 g/mol. The summed E-state index contributed by atoms with van der Waals surface area (Å²) in [5.41, 5.74) is 4.01. The lowest BCUT2D eigenvalue weighted by molar-refractivity contribution is 0.254. The molecule has 1 heterocycles. The third kappa shape index (κ3) is 2.66. The van der Waals surface area contributed by atoms with Crippen LogP contribution in [0, 0.1) is 12.7 Å². The van der Waals surface area contributed by atoms with Crippen LogP contribution in [-0.2, 0) is 6.42 Å². The Hall–Kier alpha value is -1.87. The molecule has 110 valence electrons. The van der Waals surface area contributed by atoms with Crippen LogP contribution in [-0.4, -0.2) is 13.2 Å². The number of hydrogen-bond acceptors (Lipinski definition) is 2. The summed E-state index contributed by atoms with van der Waals surface area (Å²) in [6.07, 6.45) is 1.13. The average molecular weight is 285 g/mol. The highest BCUT2D eigenvalue weighted by Crippen LogP contribution is 2.33. The number of fused-ring (bicyclic) bond motifs is 1. The molecule has 1 N–H and O–H groups in total. The van der Waals surface area contributed by atoms with Gasteiger partial charge >= 0.3 is 0 Å². The molecule has 1 aliphatic heterocycles. The summed E-state index contributed by atoms with van der Waals surface area (Å²) in [5, 5.41) is 3.22. The molecule has 0 spiro atoms. The highest BCUT2D eigenvalue weighted by molar-refractivity contribution is 5.44. The first-order valence-electron chi connectivity index (χ1n) is 7.31. The number of rotatable bonds is 3. The van der Waals surface area contributed by atoms with Gasteiger partial charge in [-0.1, -0.05) is 29.8 Å². The Labute approximate surface area is 125 Å². The topological polar surface area (TPSA) is 21.3 Å². The van der Waals surface area contributed by atoms with E-state index in [1.807, 2.05) is 32.2 Å². The SMILES string of the molecule is CNC(c1ccc2c(c1)CC(C)O2)c1cc(C)ccc1F. The van der Waals surface area contributed by atoms with E-state index in [0.717, 1.165) is 23.3 Å². The van der Waals surface area contributed by atoms with Crippen molar-refractivity contribution in [2.75, 3.05) is 7.05 Å². The van der Waals surface area contributed by atoms with Gasteiger partial charge in [-0.2, -0.15) is 0 Å². The van der Waals surface area contributed by atoms with E-state index in [1.54, 1.807) is 6.07 Å². The second kappa shape index (κ2) is 5.49. The van der Waals surface area contributed by atoms with Crippen LogP contribution in [0.25, 0.3) is 0 Å². The maximum absolute atomic E-state index is 14.2. The lowest BCUT2D eigenvalue weighted by atomic mass is 9.95. The van der Waals surface area contributed by atoms with Gasteiger partial charge in [0.25, 0.3) is 0 Å². The van der Waals surface area contributed by atoms with E-state index in [2.05, 4.69) is 18.3 Å². The summed E-state index contributed by atoms with van der Waals surface area (Å²) in [7, 11) is 1.86. The number of aryl methyl sites for hydroxylation is 1. The van der Waals surface area contributed by atoms with Crippen LogP contribution < -0.4 is 10.1 Å². The Morgan fingerprint density at radius 1 is 1.24 bits per heavy atom. The summed E-state index contributed by atoms with van der Waals surface area (Å²) >= 11 is 0. The molecule has 1 aliphatic rings. The highest BCUT2D eigenvalue weighted by atomic mass is 19.1. The number of halogens is 1. The molecule has 0 saturated heterocycles. The van der Waals surface area contributed by atoms with Crippen LogP contribution in [0.5, 0.6) is 5.75 Å². The van der Waals surface area contributed by atoms with Crippen molar-refractivity contribution in [2.24, 2.45) is 0 Å². The summed E-state index contributed by atoms with van der Waals surface area (Å²) in [4.78, 5) is 0. The fraction of sp³-hybridized carbons (Fsp3) is 0.333. The van der Waals surface area contributed by atoms with Gasteiger partial charge in [-0.3, -0.25) is 0 Å². The summed E-state index contributed by atoms with van der Waals surface area (Å²) in [6, 6.07) is 11.2. The van der Waals surface area contributed by atoms with Gasteiger partial charge in [-0.15, -0.1) is 0 Å². The van der Waals surface area contributed by atoms with E-state index in [-0.39, 0.29) is 18.0 Å². The van der Waals surface area contributed by atoms with Gasteiger partial charge in [0.15, 0.2) is 0 Å². The summed E-state index contributed by atoms with van der Waals surface area (Å²) < 4.78 is 19.9. The molecule has 0 radical (unpaired) electrons. The molecule has 0 saturated carbocycles. The molecule has 0 amide bonds. The second-order valence-corrected chi connectivity index (χ2v) is 5.75. The van der Waals surface area contributed by atoms with Gasteiger partial charge in [0, 0.05) is 12.0 Å². The highest BCUT2D eigenvalue weighted by Gasteiger charge is 2.22. The van der Waals surface area contributed by atoms with Crippen LogP contribution in [0.4, 0.5) is 4.39 Å². The maximum atomic E-state index is 14.2. The quantitative estimate of drug-likeness (QED) is 0.927. The molecule has 3 heteroatoms. The zero-order valence-electron chi connectivity index (χ0n) is 12.6. The zero-order chi connectivity index (χ0) is 15.0. The Kier molecular flexibility index (Phi) is 3.68. The van der Waals surface area contributed by atoms with Crippen molar-refractivity contribution in [2.45, 2.75) is 32.4 Å². The van der Waals surface area contributed by atoms with E-state index in [0.29, 0.717) is 5.56 Å². The molecule has 0 aromatic heterocycles. The van der Waals surface area contributed by atoms with Crippen LogP contribution in [0.3, 0.4) is 0 Å². The minimum Gasteiger partial charge on any atom is -0.490 e. The van der Waals surface area contributed by atoms with E-state index in [1.165, 1.54) is 11.6 Å². The largest absolute Gasteiger partial charge is 0.490 e. The Bertz CT molecular complexity index is 668. The van der Waals surface area contributed by atoms with Crippen LogP contribution in [0.15, 0.2) is 36.4 Å². The third-order valence-corrected chi connectivity index (χ3v) is 4.00. The minimum atomic E-state index is -0.176. The number of nitrogens with one attached hydrogen (secondary N) is 1. The predicted molar refractivity (Wildman–Crippen MR) is 82.3 cm³/mol. The zero-order valence-corrected chi connectivity index (χ0v) is 12.6. The van der Waals surface area contributed by atoms with Crippen molar-refractivity contribution < 1.29 is 9.13 Å². The van der Waals surface area contributed by atoms with E-state index >= 15 is 0 Å². The van der Waals surface area contributed by atoms with Crippen molar-refractivity contribution in [3.8, 4) is 5.75 Å². The standard InChI is InChI=1S/C18H20FNO/c1-11-4-6-16(19)15(8-11)18(20-3)13-5-7-17-14(10-13)9-12(2)21-17/h4-8,10,12,18,20H,9H2,1-3H3. The van der Waals surface area contributed by atoms with E-state index in [4.69, 9.17) is 4.74 Å². The average Bonchev–Trinajstić information content (AvgIpc) is 2.83. The molecular formula is C18H20FNO. The molecule has 0 aliphatic carbocycles. The predicted octanol–water partition coefficient (Wildman–Crippen LogP) is 3.77. The van der Waals surface area contributed by atoms with Crippen LogP contribution >= 0.6 is 0 Å². The van der Waals surface area contributed by atoms with Crippen LogP contribution in [0.1, 0.15) is 35.2 Å². The molecule has 0 bridgehead atoms. The Balaban J connectivity index is 2.01. The fourth-order valence-electron chi connectivity index (χ4n) is 3.01. The molecule has 2 aromatic carbocycles. The van der Waals surface area contributed by atoms with Crippen molar-refractivity contribution in [1.82, 2.24) is 5.32 Å². The van der Waals surface area contributed by atoms with Crippen molar-refractivity contribution in [3.05, 3.63) is 64.5 Å². The van der Waals surface area contributed by atoms with Gasteiger partial charge in [-0.25, -0.2) is 4.39 Å². The van der Waals surface area contributed by atoms with E-state index in [9.17, 15) is 4.39 Å². The second-order valence-electron chi connectivity index (χ2n) is 5.75. The third-order valence-electron chi connectivity index (χ3n) is 4.00. The Morgan fingerprint density at radius 2 is 2.05 bits per heavy atom. The number of ether oxygens (including phenoxy) is 1. The van der Waals surface area contributed by atoms with Crippen molar-refractivity contribution >= 4 is 0 Å². The normalized spacial score (nSPS) is 18.2. The van der Waals surface area contributed by atoms with Crippen molar-refractivity contribution in [3.63, 3.8) is 0 Å². The van der Waals surface area contributed by atoms with Gasteiger partial charge in [0.05, 0.1) is 6.04 Å². The molecule has 3 rings (SSSR count). The first-order chi connectivity index (χ1) is 10.1. The first-order valence-corrected chi connectivity index (χ1v) is 7.31. The minimum absolute atomic E-state index is 0.147. The molecule has 2 aromatic rings. The Morgan fingerprint density at radius 3 is 2.81 bits per heavy atom. The van der Waals surface area contributed by atoms with Gasteiger partial charge in [-0.05, 0) is 44.2 Å². The van der Waals surface area contributed by atoms with Gasteiger partial charge in [0.1, 0.15) is 17.7 Å². The molecule has 21 heavy (non-hydrogen) atoms. The maximum Gasteiger partial charge on any atom is 0.128 e. The number of hydrogen-bond donors (Lipinski definition) is 1. The lowest BCUT2D eigenvalue weighted by Crippen LogP contribution is -2.19. The van der Waals surface area contributed by atoms with Crippen LogP contribution in [0.2, 0.25) is 0 Å². The molecule has 2 atom stereocenters. The summed E-state index contributed by atoms with van der Waals surface area (Å²) in [5.74, 6) is 0.774. The van der Waals surface area contributed by atoms with Gasteiger partial charge in [0.2, 0.25) is 0 Å². The van der Waals surface area contributed by atoms with Crippen molar-refractivity contribution in [1.29, 1.82) is 0 Å². The monoisotopic (exact) mass is 285 g/mol. The molecule has 2 unspecified atom stereocenters. The fourth-order valence-corrected chi connectivity index (χ4v) is 3.01. The lowest BCUT2D eigenvalue weighted by Gasteiger charge is -2.19. The van der Waals surface area contributed by atoms with E-state index < -0.39 is 0 Å². The van der Waals surface area contributed by atoms with Gasteiger partial charge < -0.3 is 10.1 Å². The smallest absolute Gasteiger partial charge is 0.128 e. The molecule has 2 nitrogen and oxygen atoms in total. The number of benzene rings is 2. The molecule has 0 fully saturated rings. The summed E-state index contributed by atoms with van der Waals surface area (Å²) in [6.45, 7) is 4.04. The first kappa shape index (κ1) is 14.1.